The number of thiophene rings is 1. The Bertz CT molecular complexity index is 1570. The Morgan fingerprint density at radius 1 is 1.14 bits per heavy atom. The summed E-state index contributed by atoms with van der Waals surface area (Å²) in [5.74, 6) is 2.24. The normalized spacial score (nSPS) is 30.3. The van der Waals surface area contributed by atoms with Crippen molar-refractivity contribution in [1.82, 2.24) is 14.8 Å². The summed E-state index contributed by atoms with van der Waals surface area (Å²) in [7, 11) is 0. The monoisotopic (exact) mass is 638 g/mol. The third kappa shape index (κ3) is 5.32. The first kappa shape index (κ1) is 30.4. The molecule has 5 aliphatic rings. The number of rotatable bonds is 7. The van der Waals surface area contributed by atoms with Gasteiger partial charge in [0.25, 0.3) is 0 Å². The number of aliphatic hydroxyl groups excluding tert-OH is 1. The number of halogens is 1. The van der Waals surface area contributed by atoms with Crippen molar-refractivity contribution in [2.24, 2.45) is 28.2 Å². The van der Waals surface area contributed by atoms with Gasteiger partial charge in [-0.1, -0.05) is 31.9 Å². The zero-order valence-electron chi connectivity index (χ0n) is 26.1. The second kappa shape index (κ2) is 11.5. The molecular weight excluding hydrogens is 596 g/mol. The van der Waals surface area contributed by atoms with Crippen LogP contribution in [0.15, 0.2) is 33.3 Å². The number of piperidine rings is 1. The number of hydrogen-bond acceptors (Lipinski definition) is 8. The van der Waals surface area contributed by atoms with Crippen LogP contribution < -0.4 is 0 Å². The average Bonchev–Trinajstić information content (AvgIpc) is 3.68. The molecule has 1 saturated heterocycles. The summed E-state index contributed by atoms with van der Waals surface area (Å²) in [4.78, 5) is 28.4. The van der Waals surface area contributed by atoms with Gasteiger partial charge >= 0.3 is 0 Å². The second-order valence-electron chi connectivity index (χ2n) is 14.1. The van der Waals surface area contributed by atoms with Crippen LogP contribution in [0, 0.1) is 30.1 Å². The molecule has 2 aliphatic heterocycles. The molecule has 2 saturated carbocycles. The average molecular weight is 639 g/mol. The SMILES string of the molecule is CC1=NC2C(C[C@@H](N3CCCCC3)CC2(C)C)C(=O)N1CCOC1=C(c2cc(C)nc3c(C(O)O)csc23)C=C(Cl)C2CC12. The van der Waals surface area contributed by atoms with Gasteiger partial charge in [-0.15, -0.1) is 11.3 Å². The summed E-state index contributed by atoms with van der Waals surface area (Å²) in [5, 5.41) is 22.4. The van der Waals surface area contributed by atoms with Crippen LogP contribution in [-0.2, 0) is 9.53 Å². The summed E-state index contributed by atoms with van der Waals surface area (Å²) < 4.78 is 7.47. The third-order valence-corrected chi connectivity index (χ3v) is 11.9. The van der Waals surface area contributed by atoms with Crippen molar-refractivity contribution in [1.29, 1.82) is 0 Å². The molecule has 10 heteroatoms. The first-order valence-electron chi connectivity index (χ1n) is 16.1. The van der Waals surface area contributed by atoms with E-state index in [2.05, 4.69) is 23.7 Å². The number of fused-ring (bicyclic) bond motifs is 3. The number of aryl methyl sites for hydroxylation is 1. The molecule has 7 rings (SSSR count). The zero-order chi connectivity index (χ0) is 30.9. The lowest BCUT2D eigenvalue weighted by atomic mass is 9.64. The number of amides is 1. The van der Waals surface area contributed by atoms with E-state index in [4.69, 9.17) is 21.3 Å². The fourth-order valence-electron chi connectivity index (χ4n) is 8.23. The van der Waals surface area contributed by atoms with E-state index in [1.165, 1.54) is 30.6 Å². The Morgan fingerprint density at radius 3 is 2.66 bits per heavy atom. The number of nitrogens with zero attached hydrogens (tertiary/aromatic N) is 4. The molecule has 8 nitrogen and oxygen atoms in total. The largest absolute Gasteiger partial charge is 0.495 e. The van der Waals surface area contributed by atoms with Crippen LogP contribution in [0.4, 0.5) is 0 Å². The maximum absolute atomic E-state index is 14.1. The Labute approximate surface area is 268 Å². The van der Waals surface area contributed by atoms with Gasteiger partial charge in [0.15, 0.2) is 6.29 Å². The topological polar surface area (TPSA) is 98.5 Å². The highest BCUT2D eigenvalue weighted by molar-refractivity contribution is 7.17. The second-order valence-corrected chi connectivity index (χ2v) is 15.4. The molecule has 1 amide bonds. The van der Waals surface area contributed by atoms with Crippen LogP contribution >= 0.6 is 22.9 Å². The van der Waals surface area contributed by atoms with Gasteiger partial charge in [-0.25, -0.2) is 0 Å². The van der Waals surface area contributed by atoms with E-state index in [-0.39, 0.29) is 35.1 Å². The summed E-state index contributed by atoms with van der Waals surface area (Å²) in [6.45, 7) is 11.5. The Morgan fingerprint density at radius 2 is 1.91 bits per heavy atom. The molecule has 4 unspecified atom stereocenters. The van der Waals surface area contributed by atoms with E-state index in [1.54, 1.807) is 5.38 Å². The van der Waals surface area contributed by atoms with Gasteiger partial charge in [0.2, 0.25) is 5.91 Å². The molecule has 0 aromatic carbocycles. The van der Waals surface area contributed by atoms with Crippen LogP contribution in [0.3, 0.4) is 0 Å². The van der Waals surface area contributed by atoms with Crippen LogP contribution in [-0.4, -0.2) is 75.1 Å². The fraction of sp³-hybridized carbons (Fsp3) is 0.618. The molecule has 2 aromatic heterocycles. The molecule has 3 fully saturated rings. The van der Waals surface area contributed by atoms with Gasteiger partial charge in [-0.05, 0) is 76.6 Å². The molecule has 2 N–H and O–H groups in total. The molecule has 3 aliphatic carbocycles. The van der Waals surface area contributed by atoms with Gasteiger partial charge < -0.3 is 19.8 Å². The summed E-state index contributed by atoms with van der Waals surface area (Å²) in [5.41, 5.74) is 3.59. The van der Waals surface area contributed by atoms with Crippen LogP contribution in [0.5, 0.6) is 0 Å². The molecule has 0 radical (unpaired) electrons. The number of carbonyl (C=O) groups is 1. The molecule has 5 atom stereocenters. The Hall–Kier alpha value is -2.30. The van der Waals surface area contributed by atoms with E-state index >= 15 is 0 Å². The molecule has 4 heterocycles. The summed E-state index contributed by atoms with van der Waals surface area (Å²) >= 11 is 8.16. The van der Waals surface area contributed by atoms with E-state index in [0.717, 1.165) is 70.5 Å². The van der Waals surface area contributed by atoms with Gasteiger partial charge in [-0.3, -0.25) is 19.7 Å². The highest BCUT2D eigenvalue weighted by Gasteiger charge is 2.51. The Balaban J connectivity index is 1.13. The number of carbonyl (C=O) groups excluding carboxylic acids is 1. The van der Waals surface area contributed by atoms with E-state index in [0.29, 0.717) is 30.3 Å². The number of hydrogen-bond donors (Lipinski definition) is 2. The van der Waals surface area contributed by atoms with Gasteiger partial charge in [0.1, 0.15) is 18.2 Å². The number of allylic oxidation sites excluding steroid dienone is 4. The van der Waals surface area contributed by atoms with E-state index in [9.17, 15) is 15.0 Å². The van der Waals surface area contributed by atoms with Crippen LogP contribution in [0.1, 0.15) is 82.4 Å². The predicted octanol–water partition coefficient (Wildman–Crippen LogP) is 6.01. The molecule has 44 heavy (non-hydrogen) atoms. The highest BCUT2D eigenvalue weighted by atomic mass is 35.5. The van der Waals surface area contributed by atoms with Crippen molar-refractivity contribution in [3.63, 3.8) is 0 Å². The lowest BCUT2D eigenvalue weighted by Crippen LogP contribution is -2.59. The molecule has 0 spiro atoms. The Kier molecular flexibility index (Phi) is 7.93. The standard InChI is InChI=1S/C34H43ClN4O4S/c1-18-12-24(30-28(36-18)26(17-44-30)33(41)42)23-15-27(35)21-14-22(21)29(23)43-11-10-39-19(2)37-31-25(32(39)40)13-20(16-34(31,3)4)38-8-6-5-7-9-38/h12,15,17,20-22,25,31,33,41-42H,5-11,13-14,16H2,1-4H3/t20-,21?,22?,25?,31?/m1/s1. The van der Waals surface area contributed by atoms with Crippen LogP contribution in [0.25, 0.3) is 15.8 Å². The van der Waals surface area contributed by atoms with E-state index in [1.807, 2.05) is 30.9 Å². The number of ether oxygens (including phenoxy) is 1. The van der Waals surface area contributed by atoms with Crippen molar-refractivity contribution in [2.75, 3.05) is 26.2 Å². The predicted molar refractivity (Wildman–Crippen MR) is 174 cm³/mol. The number of aliphatic imine (C=N–C) groups is 1. The number of pyridine rings is 1. The minimum atomic E-state index is -1.59. The van der Waals surface area contributed by atoms with Crippen molar-refractivity contribution < 1.29 is 19.7 Å². The number of likely N-dealkylation sites (tertiary alicyclic amines) is 1. The number of aliphatic hydroxyl groups is 2. The molecule has 0 bridgehead atoms. The molecule has 236 valence electrons. The van der Waals surface area contributed by atoms with Gasteiger partial charge in [0.05, 0.1) is 28.7 Å². The minimum Gasteiger partial charge on any atom is -0.495 e. The molecule has 2 aromatic rings. The number of aromatic nitrogens is 1. The fourth-order valence-corrected chi connectivity index (χ4v) is 9.63. The summed E-state index contributed by atoms with van der Waals surface area (Å²) in [6, 6.07) is 2.47. The van der Waals surface area contributed by atoms with Gasteiger partial charge in [-0.2, -0.15) is 0 Å². The zero-order valence-corrected chi connectivity index (χ0v) is 27.6. The lowest BCUT2D eigenvalue weighted by Gasteiger charge is -2.51. The van der Waals surface area contributed by atoms with Crippen molar-refractivity contribution in [3.05, 3.63) is 45.1 Å². The number of amidine groups is 1. The van der Waals surface area contributed by atoms with Crippen molar-refractivity contribution in [3.8, 4) is 0 Å². The minimum absolute atomic E-state index is 0.0193. The molecular formula is C34H43ClN4O4S. The van der Waals surface area contributed by atoms with Crippen LogP contribution in [0.2, 0.25) is 0 Å². The smallest absolute Gasteiger partial charge is 0.233 e. The maximum atomic E-state index is 14.1. The van der Waals surface area contributed by atoms with Gasteiger partial charge in [0, 0.05) is 50.7 Å². The quantitative estimate of drug-likeness (QED) is 0.361. The first-order valence-corrected chi connectivity index (χ1v) is 17.4. The highest BCUT2D eigenvalue weighted by Crippen LogP contribution is 2.56. The third-order valence-electron chi connectivity index (χ3n) is 10.5. The van der Waals surface area contributed by atoms with Crippen molar-refractivity contribution >= 4 is 50.5 Å². The maximum Gasteiger partial charge on any atom is 0.233 e. The summed E-state index contributed by atoms with van der Waals surface area (Å²) in [6.07, 6.45) is 7.12. The lowest BCUT2D eigenvalue weighted by molar-refractivity contribution is -0.138. The first-order chi connectivity index (χ1) is 21.0. The van der Waals surface area contributed by atoms with Crippen molar-refractivity contribution in [2.45, 2.75) is 84.6 Å². The van der Waals surface area contributed by atoms with E-state index < -0.39 is 6.29 Å².